The smallest absolute Gasteiger partial charge is 0.274 e. The lowest BCUT2D eigenvalue weighted by Gasteiger charge is -2.40. The molecule has 222 valence electrons. The zero-order valence-electron chi connectivity index (χ0n) is 23.4. The van der Waals surface area contributed by atoms with Crippen LogP contribution in [0.1, 0.15) is 52.2 Å². The number of carbonyl (C=O) groups is 2. The van der Waals surface area contributed by atoms with Crippen LogP contribution < -0.4 is 15.5 Å². The Morgan fingerprint density at radius 1 is 1.17 bits per heavy atom. The van der Waals surface area contributed by atoms with Crippen molar-refractivity contribution in [1.82, 2.24) is 14.8 Å². The Balaban J connectivity index is 1.61. The molecule has 2 aliphatic rings. The number of pyridine rings is 1. The van der Waals surface area contributed by atoms with E-state index in [0.29, 0.717) is 6.42 Å². The number of rotatable bonds is 9. The highest BCUT2D eigenvalue weighted by Crippen LogP contribution is 2.55. The normalized spacial score (nSPS) is 19.6. The molecule has 0 bridgehead atoms. The Hall–Kier alpha value is -3.70. The molecule has 5 rings (SSSR count). The van der Waals surface area contributed by atoms with Gasteiger partial charge in [-0.05, 0) is 31.9 Å². The van der Waals surface area contributed by atoms with Crippen LogP contribution in [0.5, 0.6) is 5.75 Å². The summed E-state index contributed by atoms with van der Waals surface area (Å²) < 4.78 is 46.6. The molecule has 2 amide bonds. The van der Waals surface area contributed by atoms with Crippen LogP contribution in [0.2, 0.25) is 5.02 Å². The lowest BCUT2D eigenvalue weighted by molar-refractivity contribution is 0.0562. The van der Waals surface area contributed by atoms with Gasteiger partial charge in [-0.1, -0.05) is 54.1 Å². The fraction of sp³-hybridized carbons (Fsp3) is 0.367. The molecule has 1 aromatic heterocycles. The van der Waals surface area contributed by atoms with Gasteiger partial charge in [-0.3, -0.25) is 14.4 Å². The molecule has 2 heterocycles. The van der Waals surface area contributed by atoms with Gasteiger partial charge in [0.2, 0.25) is 5.43 Å². The summed E-state index contributed by atoms with van der Waals surface area (Å²) in [5.41, 5.74) is -1.10. The van der Waals surface area contributed by atoms with E-state index in [4.69, 9.17) is 16.3 Å². The van der Waals surface area contributed by atoms with Crippen LogP contribution >= 0.6 is 11.6 Å². The summed E-state index contributed by atoms with van der Waals surface area (Å²) in [7, 11) is -3.36. The molecule has 1 saturated carbocycles. The number of amides is 2. The summed E-state index contributed by atoms with van der Waals surface area (Å²) in [6, 6.07) is 13.2. The minimum atomic E-state index is -3.36. The highest BCUT2D eigenvalue weighted by atomic mass is 35.5. The first-order valence-electron chi connectivity index (χ1n) is 13.5. The van der Waals surface area contributed by atoms with Crippen molar-refractivity contribution in [3.05, 3.63) is 98.2 Å². The van der Waals surface area contributed by atoms with E-state index in [0.717, 1.165) is 11.8 Å². The summed E-state index contributed by atoms with van der Waals surface area (Å²) in [4.78, 5) is 42.7. The molecular weight excluding hydrogens is 585 g/mol. The van der Waals surface area contributed by atoms with Gasteiger partial charge < -0.3 is 19.5 Å². The second kappa shape index (κ2) is 11.2. The Bertz CT molecular complexity index is 1730. The summed E-state index contributed by atoms with van der Waals surface area (Å²) in [5.74, 6) is -2.69. The second-order valence-corrected chi connectivity index (χ2v) is 13.8. The zero-order chi connectivity index (χ0) is 30.4. The van der Waals surface area contributed by atoms with Crippen molar-refractivity contribution in [2.45, 2.75) is 45.0 Å². The van der Waals surface area contributed by atoms with Crippen LogP contribution in [0, 0.1) is 11.7 Å². The molecular formula is C30H31ClFN3O6S. The molecule has 12 heteroatoms. The van der Waals surface area contributed by atoms with Crippen LogP contribution in [0.4, 0.5) is 4.39 Å². The van der Waals surface area contributed by atoms with E-state index in [-0.39, 0.29) is 65.0 Å². The molecule has 1 fully saturated rings. The van der Waals surface area contributed by atoms with E-state index >= 15 is 0 Å². The van der Waals surface area contributed by atoms with E-state index in [1.165, 1.54) is 18.3 Å². The molecule has 2 aromatic carbocycles. The third kappa shape index (κ3) is 5.67. The zero-order valence-corrected chi connectivity index (χ0v) is 25.0. The van der Waals surface area contributed by atoms with Gasteiger partial charge >= 0.3 is 0 Å². The molecule has 2 atom stereocenters. The van der Waals surface area contributed by atoms with Crippen LogP contribution in [0.25, 0.3) is 0 Å². The quantitative estimate of drug-likeness (QED) is 0.392. The van der Waals surface area contributed by atoms with Crippen LogP contribution in [0.3, 0.4) is 0 Å². The predicted octanol–water partition coefficient (Wildman–Crippen LogP) is 3.77. The van der Waals surface area contributed by atoms with Crippen molar-refractivity contribution < 1.29 is 27.1 Å². The topological polar surface area (TPSA) is 115 Å². The van der Waals surface area contributed by atoms with Crippen molar-refractivity contribution in [2.24, 2.45) is 5.92 Å². The summed E-state index contributed by atoms with van der Waals surface area (Å²) in [6.45, 7) is 3.61. The van der Waals surface area contributed by atoms with Crippen molar-refractivity contribution >= 4 is 33.3 Å². The Labute approximate surface area is 248 Å². The number of sulfone groups is 1. The summed E-state index contributed by atoms with van der Waals surface area (Å²) >= 11 is 5.87. The maximum atomic E-state index is 14.5. The minimum absolute atomic E-state index is 0.0238. The molecule has 42 heavy (non-hydrogen) atoms. The minimum Gasteiger partial charge on any atom is -0.483 e. The SMILES string of the molecule is CC(C)N1C[C@]2(C[C@H]2CS(C)(=O)=O)n2cc(C(=O)NCc3cccc(Cl)c3F)c(=O)c(OCc3ccccc3)c2C1=O. The van der Waals surface area contributed by atoms with Gasteiger partial charge in [-0.15, -0.1) is 0 Å². The number of nitrogens with zero attached hydrogens (tertiary/aromatic N) is 2. The average molecular weight is 616 g/mol. The average Bonchev–Trinajstić information content (AvgIpc) is 3.61. The number of benzene rings is 2. The number of hydrogen-bond donors (Lipinski definition) is 1. The van der Waals surface area contributed by atoms with Crippen molar-refractivity contribution in [3.8, 4) is 5.75 Å². The number of carbonyl (C=O) groups excluding carboxylic acids is 2. The number of aromatic nitrogens is 1. The molecule has 0 saturated heterocycles. The summed E-state index contributed by atoms with van der Waals surface area (Å²) in [6.07, 6.45) is 2.90. The number of nitrogens with one attached hydrogen (secondary N) is 1. The predicted molar refractivity (Wildman–Crippen MR) is 156 cm³/mol. The van der Waals surface area contributed by atoms with E-state index in [9.17, 15) is 27.2 Å². The molecule has 0 unspecified atom stereocenters. The third-order valence-corrected chi connectivity index (χ3v) is 9.12. The Morgan fingerprint density at radius 3 is 2.55 bits per heavy atom. The van der Waals surface area contributed by atoms with Gasteiger partial charge in [0.25, 0.3) is 11.8 Å². The van der Waals surface area contributed by atoms with E-state index in [2.05, 4.69) is 5.32 Å². The second-order valence-electron chi connectivity index (χ2n) is 11.2. The fourth-order valence-corrected chi connectivity index (χ4v) is 6.91. The van der Waals surface area contributed by atoms with E-state index < -0.39 is 38.4 Å². The van der Waals surface area contributed by atoms with Gasteiger partial charge in [0.1, 0.15) is 27.8 Å². The lowest BCUT2D eigenvalue weighted by Crippen LogP contribution is -2.52. The van der Waals surface area contributed by atoms with Crippen LogP contribution in [-0.4, -0.2) is 54.3 Å². The largest absolute Gasteiger partial charge is 0.483 e. The van der Waals surface area contributed by atoms with Gasteiger partial charge in [0.15, 0.2) is 11.4 Å². The maximum Gasteiger partial charge on any atom is 0.274 e. The Morgan fingerprint density at radius 2 is 1.88 bits per heavy atom. The highest BCUT2D eigenvalue weighted by molar-refractivity contribution is 7.90. The van der Waals surface area contributed by atoms with Gasteiger partial charge in [-0.2, -0.15) is 0 Å². The number of hydrogen-bond acceptors (Lipinski definition) is 6. The van der Waals surface area contributed by atoms with Gasteiger partial charge in [-0.25, -0.2) is 12.8 Å². The van der Waals surface area contributed by atoms with E-state index in [1.807, 2.05) is 19.9 Å². The third-order valence-electron chi connectivity index (χ3n) is 7.82. The van der Waals surface area contributed by atoms with Crippen molar-refractivity contribution in [2.75, 3.05) is 18.6 Å². The molecule has 1 spiro atoms. The lowest BCUT2D eigenvalue weighted by atomic mass is 10.0. The number of ether oxygens (including phenoxy) is 1. The van der Waals surface area contributed by atoms with Gasteiger partial charge in [0, 0.05) is 43.1 Å². The van der Waals surface area contributed by atoms with Crippen molar-refractivity contribution in [1.29, 1.82) is 0 Å². The number of fused-ring (bicyclic) bond motifs is 2. The Kier molecular flexibility index (Phi) is 7.93. The molecule has 1 N–H and O–H groups in total. The first-order chi connectivity index (χ1) is 19.8. The fourth-order valence-electron chi connectivity index (χ4n) is 5.56. The summed E-state index contributed by atoms with van der Waals surface area (Å²) in [5, 5.41) is 2.47. The monoisotopic (exact) mass is 615 g/mol. The van der Waals surface area contributed by atoms with Crippen molar-refractivity contribution in [3.63, 3.8) is 0 Å². The molecule has 1 aliphatic heterocycles. The van der Waals surface area contributed by atoms with Gasteiger partial charge in [0.05, 0.1) is 16.3 Å². The van der Waals surface area contributed by atoms with E-state index in [1.54, 1.807) is 39.8 Å². The van der Waals surface area contributed by atoms with Crippen LogP contribution in [-0.2, 0) is 28.5 Å². The molecule has 1 aliphatic carbocycles. The maximum absolute atomic E-state index is 14.5. The molecule has 3 aromatic rings. The number of halogens is 2. The molecule has 9 nitrogen and oxygen atoms in total. The standard InChI is InChI=1S/C30H31ClFN3O6S/c1-18(2)34-17-30(12-21(30)16-42(3,39)40)35-14-22(28(37)33-13-20-10-7-11-23(31)24(20)32)26(36)27(25(35)29(34)38)41-15-19-8-5-4-6-9-19/h4-11,14,18,21H,12-13,15-17H2,1-3H3,(H,33,37)/t21-,30-/m0/s1. The first kappa shape index (κ1) is 29.8. The van der Waals surface area contributed by atoms with Crippen LogP contribution in [0.15, 0.2) is 59.5 Å². The molecule has 0 radical (unpaired) electrons. The highest BCUT2D eigenvalue weighted by Gasteiger charge is 2.61. The first-order valence-corrected chi connectivity index (χ1v) is 15.9.